The summed E-state index contributed by atoms with van der Waals surface area (Å²) in [6.45, 7) is -0.00260. The first-order valence-electron chi connectivity index (χ1n) is 3.76. The Morgan fingerprint density at radius 2 is 2.08 bits per heavy atom. The van der Waals surface area contributed by atoms with Crippen LogP contribution in [0.1, 0.15) is 0 Å². The molecule has 0 saturated heterocycles. The molecule has 1 amide bonds. The molecule has 0 spiro atoms. The number of halogens is 1. The van der Waals surface area contributed by atoms with Crippen molar-refractivity contribution < 1.29 is 13.9 Å². The summed E-state index contributed by atoms with van der Waals surface area (Å²) in [5, 5.41) is 2.54. The van der Waals surface area contributed by atoms with Crippen molar-refractivity contribution in [2.45, 2.75) is 0 Å². The van der Waals surface area contributed by atoms with Gasteiger partial charge in [0.1, 0.15) is 12.4 Å². The lowest BCUT2D eigenvalue weighted by Crippen LogP contribution is -2.16. The lowest BCUT2D eigenvalue weighted by molar-refractivity contribution is -0.119. The third-order valence-corrected chi connectivity index (χ3v) is 1.40. The first kappa shape index (κ1) is 9.67. The van der Waals surface area contributed by atoms with Crippen LogP contribution in [0.2, 0.25) is 0 Å². The Bertz CT molecular complexity index is 284. The molecule has 0 atom stereocenters. The highest BCUT2D eigenvalue weighted by Crippen LogP contribution is 2.07. The zero-order valence-corrected chi connectivity index (χ0v) is 7.21. The summed E-state index contributed by atoms with van der Waals surface area (Å²) >= 11 is 0. The minimum atomic E-state index is -0.329. The SMILES string of the molecule is COCC(=O)Nc1ccc(F)cc1. The number of amides is 1. The molecule has 0 aromatic heterocycles. The van der Waals surface area contributed by atoms with Gasteiger partial charge in [-0.05, 0) is 24.3 Å². The van der Waals surface area contributed by atoms with Crippen molar-refractivity contribution in [3.05, 3.63) is 30.1 Å². The van der Waals surface area contributed by atoms with Gasteiger partial charge in [0.15, 0.2) is 0 Å². The van der Waals surface area contributed by atoms with E-state index in [1.165, 1.54) is 31.4 Å². The normalized spacial score (nSPS) is 9.69. The zero-order chi connectivity index (χ0) is 9.68. The lowest BCUT2D eigenvalue weighted by atomic mass is 10.3. The van der Waals surface area contributed by atoms with Crippen LogP contribution in [0.25, 0.3) is 0 Å². The van der Waals surface area contributed by atoms with Gasteiger partial charge in [-0.1, -0.05) is 0 Å². The van der Waals surface area contributed by atoms with Crippen molar-refractivity contribution in [2.24, 2.45) is 0 Å². The van der Waals surface area contributed by atoms with Crippen molar-refractivity contribution in [2.75, 3.05) is 19.0 Å². The van der Waals surface area contributed by atoms with E-state index in [0.717, 1.165) is 0 Å². The number of hydrogen-bond donors (Lipinski definition) is 1. The third kappa shape index (κ3) is 3.21. The Morgan fingerprint density at radius 3 is 2.62 bits per heavy atom. The standard InChI is InChI=1S/C9H10FNO2/c1-13-6-9(12)11-8-4-2-7(10)3-5-8/h2-5H,6H2,1H3,(H,11,12). The Morgan fingerprint density at radius 1 is 1.46 bits per heavy atom. The maximum Gasteiger partial charge on any atom is 0.250 e. The number of hydrogen-bond acceptors (Lipinski definition) is 2. The van der Waals surface area contributed by atoms with Crippen molar-refractivity contribution >= 4 is 11.6 Å². The number of carbonyl (C=O) groups is 1. The van der Waals surface area contributed by atoms with Crippen LogP contribution in [-0.2, 0) is 9.53 Å². The van der Waals surface area contributed by atoms with Gasteiger partial charge in [-0.3, -0.25) is 4.79 Å². The van der Waals surface area contributed by atoms with E-state index in [1.54, 1.807) is 0 Å². The zero-order valence-electron chi connectivity index (χ0n) is 7.21. The molecule has 13 heavy (non-hydrogen) atoms. The first-order valence-corrected chi connectivity index (χ1v) is 3.76. The van der Waals surface area contributed by atoms with Gasteiger partial charge in [0.25, 0.3) is 0 Å². The highest BCUT2D eigenvalue weighted by atomic mass is 19.1. The summed E-state index contributed by atoms with van der Waals surface area (Å²) in [5.41, 5.74) is 0.559. The van der Waals surface area contributed by atoms with Crippen molar-refractivity contribution in [1.29, 1.82) is 0 Å². The van der Waals surface area contributed by atoms with Gasteiger partial charge in [-0.15, -0.1) is 0 Å². The fourth-order valence-corrected chi connectivity index (χ4v) is 0.861. The molecule has 70 valence electrons. The monoisotopic (exact) mass is 183 g/mol. The second-order valence-corrected chi connectivity index (χ2v) is 2.49. The Balaban J connectivity index is 2.54. The number of ether oxygens (including phenoxy) is 1. The Hall–Kier alpha value is -1.42. The van der Waals surface area contributed by atoms with Gasteiger partial charge in [0, 0.05) is 12.8 Å². The van der Waals surface area contributed by atoms with Gasteiger partial charge in [0.2, 0.25) is 5.91 Å². The second-order valence-electron chi connectivity index (χ2n) is 2.49. The molecule has 1 rings (SSSR count). The maximum absolute atomic E-state index is 12.4. The molecule has 0 aliphatic carbocycles. The van der Waals surface area contributed by atoms with E-state index < -0.39 is 0 Å². The van der Waals surface area contributed by atoms with E-state index in [4.69, 9.17) is 0 Å². The van der Waals surface area contributed by atoms with E-state index in [0.29, 0.717) is 5.69 Å². The Labute approximate surface area is 75.5 Å². The number of anilines is 1. The number of nitrogens with one attached hydrogen (secondary N) is 1. The molecule has 0 radical (unpaired) electrons. The fourth-order valence-electron chi connectivity index (χ4n) is 0.861. The molecule has 0 aliphatic heterocycles. The molecule has 0 aliphatic rings. The van der Waals surface area contributed by atoms with Crippen molar-refractivity contribution in [3.8, 4) is 0 Å². The predicted octanol–water partition coefficient (Wildman–Crippen LogP) is 1.41. The molecular weight excluding hydrogens is 173 g/mol. The smallest absolute Gasteiger partial charge is 0.250 e. The Kier molecular flexibility index (Phi) is 3.40. The molecule has 4 heteroatoms. The number of rotatable bonds is 3. The van der Waals surface area contributed by atoms with E-state index in [1.807, 2.05) is 0 Å². The van der Waals surface area contributed by atoms with Gasteiger partial charge >= 0.3 is 0 Å². The van der Waals surface area contributed by atoms with Crippen LogP contribution in [0.5, 0.6) is 0 Å². The molecule has 1 aromatic carbocycles. The van der Waals surface area contributed by atoms with Gasteiger partial charge in [-0.25, -0.2) is 4.39 Å². The molecule has 0 unspecified atom stereocenters. The summed E-state index contributed by atoms with van der Waals surface area (Å²) < 4.78 is 17.0. The van der Waals surface area contributed by atoms with Crippen LogP contribution in [0.15, 0.2) is 24.3 Å². The number of methoxy groups -OCH3 is 1. The highest BCUT2D eigenvalue weighted by Gasteiger charge is 2.00. The molecule has 0 saturated carbocycles. The van der Waals surface area contributed by atoms with Crippen LogP contribution >= 0.6 is 0 Å². The lowest BCUT2D eigenvalue weighted by Gasteiger charge is -2.03. The molecule has 1 N–H and O–H groups in total. The maximum atomic E-state index is 12.4. The number of carbonyl (C=O) groups excluding carboxylic acids is 1. The molecule has 1 aromatic rings. The first-order chi connectivity index (χ1) is 6.22. The second kappa shape index (κ2) is 4.57. The van der Waals surface area contributed by atoms with E-state index in [9.17, 15) is 9.18 Å². The van der Waals surface area contributed by atoms with Crippen LogP contribution in [0, 0.1) is 5.82 Å². The molecule has 3 nitrogen and oxygen atoms in total. The quantitative estimate of drug-likeness (QED) is 0.769. The van der Waals surface area contributed by atoms with Gasteiger partial charge in [0.05, 0.1) is 0 Å². The molecule has 0 fully saturated rings. The van der Waals surface area contributed by atoms with Gasteiger partial charge in [-0.2, -0.15) is 0 Å². The minimum Gasteiger partial charge on any atom is -0.375 e. The van der Waals surface area contributed by atoms with Crippen molar-refractivity contribution in [1.82, 2.24) is 0 Å². The average molecular weight is 183 g/mol. The van der Waals surface area contributed by atoms with Crippen LogP contribution in [-0.4, -0.2) is 19.6 Å². The summed E-state index contributed by atoms with van der Waals surface area (Å²) in [6, 6.07) is 5.54. The summed E-state index contributed by atoms with van der Waals surface area (Å²) in [5.74, 6) is -0.584. The van der Waals surface area contributed by atoms with Crippen LogP contribution in [0.4, 0.5) is 10.1 Å². The molecule has 0 heterocycles. The highest BCUT2D eigenvalue weighted by molar-refractivity contribution is 5.91. The summed E-state index contributed by atoms with van der Waals surface area (Å²) in [6.07, 6.45) is 0. The fraction of sp³-hybridized carbons (Fsp3) is 0.222. The third-order valence-electron chi connectivity index (χ3n) is 1.40. The average Bonchev–Trinajstić information content (AvgIpc) is 2.09. The van der Waals surface area contributed by atoms with Crippen LogP contribution in [0.3, 0.4) is 0 Å². The largest absolute Gasteiger partial charge is 0.375 e. The molecular formula is C9H10FNO2. The van der Waals surface area contributed by atoms with Crippen molar-refractivity contribution in [3.63, 3.8) is 0 Å². The van der Waals surface area contributed by atoms with Gasteiger partial charge < -0.3 is 10.1 Å². The topological polar surface area (TPSA) is 38.3 Å². The van der Waals surface area contributed by atoms with Crippen LogP contribution < -0.4 is 5.32 Å². The summed E-state index contributed by atoms with van der Waals surface area (Å²) in [7, 11) is 1.43. The number of benzene rings is 1. The minimum absolute atomic E-state index is 0.00260. The predicted molar refractivity (Wildman–Crippen MR) is 46.9 cm³/mol. The molecule has 0 bridgehead atoms. The van der Waals surface area contributed by atoms with E-state index in [-0.39, 0.29) is 18.3 Å². The van der Waals surface area contributed by atoms with E-state index in [2.05, 4.69) is 10.1 Å². The summed E-state index contributed by atoms with van der Waals surface area (Å²) in [4.78, 5) is 11.0. The van der Waals surface area contributed by atoms with E-state index >= 15 is 0 Å².